The zero-order chi connectivity index (χ0) is 28.9. The predicted molar refractivity (Wildman–Crippen MR) is 156 cm³/mol. The monoisotopic (exact) mass is 562 g/mol. The minimum Gasteiger partial charge on any atom is -0.489 e. The van der Waals surface area contributed by atoms with Gasteiger partial charge in [-0.3, -0.25) is 4.79 Å². The van der Waals surface area contributed by atoms with Gasteiger partial charge in [0.25, 0.3) is 0 Å². The number of fused-ring (bicyclic) bond motifs is 2. The maximum atomic E-state index is 13.7. The number of halogens is 1. The highest BCUT2D eigenvalue weighted by molar-refractivity contribution is 7.84. The number of allylic oxidation sites excluding steroid dienone is 1. The number of ketones is 1. The summed E-state index contributed by atoms with van der Waals surface area (Å²) in [5, 5.41) is 11.7. The maximum Gasteiger partial charge on any atom is 0.163 e. The molecule has 3 atom stereocenters. The summed E-state index contributed by atoms with van der Waals surface area (Å²) in [6.07, 6.45) is 5.24. The van der Waals surface area contributed by atoms with Crippen molar-refractivity contribution in [2.75, 3.05) is 6.61 Å². The van der Waals surface area contributed by atoms with E-state index in [4.69, 9.17) is 9.72 Å². The first-order valence-corrected chi connectivity index (χ1v) is 14.6. The highest BCUT2D eigenvalue weighted by atomic mass is 32.2. The van der Waals surface area contributed by atoms with Crippen LogP contribution in [-0.2, 0) is 28.5 Å². The van der Waals surface area contributed by atoms with Gasteiger partial charge in [-0.25, -0.2) is 18.3 Å². The summed E-state index contributed by atoms with van der Waals surface area (Å²) in [6, 6.07) is 13.4. The average Bonchev–Trinajstić information content (AvgIpc) is 3.51. The molecule has 40 heavy (non-hydrogen) atoms. The van der Waals surface area contributed by atoms with Gasteiger partial charge in [0.05, 0.1) is 27.0 Å². The van der Waals surface area contributed by atoms with E-state index in [1.165, 1.54) is 17.7 Å². The topological polar surface area (TPSA) is 88.5 Å². The highest BCUT2D eigenvalue weighted by Gasteiger charge is 2.43. The summed E-state index contributed by atoms with van der Waals surface area (Å²) in [6.45, 7) is 9.41. The van der Waals surface area contributed by atoms with E-state index in [9.17, 15) is 18.5 Å². The lowest BCUT2D eigenvalue weighted by molar-refractivity contribution is 0.0396. The minimum absolute atomic E-state index is 0.0568. The fourth-order valence-electron chi connectivity index (χ4n) is 4.96. The summed E-state index contributed by atoms with van der Waals surface area (Å²) >= 11 is 0. The molecule has 8 heteroatoms. The summed E-state index contributed by atoms with van der Waals surface area (Å²) < 4.78 is 35.7. The molecule has 3 aromatic rings. The Kier molecular flexibility index (Phi) is 7.31. The standard InChI is InChI=1S/C32H35FN2O4S/c1-30(2,3)40(38)35-31(4)19-39-29-25(31)18-27(34-28(29)21-11-13-24(33)14-12-21)32(5,37)16-15-26(36)23-10-9-20-7-6-8-22(20)17-23/h6,8-14,17-18,35,37H,7,15-16,19H2,1-5H3/t31-,32?,40?/m1/s1. The summed E-state index contributed by atoms with van der Waals surface area (Å²) in [4.78, 5) is 17.9. The number of hydrogen-bond donors (Lipinski definition) is 2. The Bertz CT molecular complexity index is 1530. The lowest BCUT2D eigenvalue weighted by Gasteiger charge is -2.30. The van der Waals surface area contributed by atoms with Crippen molar-refractivity contribution in [2.24, 2.45) is 0 Å². The number of benzene rings is 2. The zero-order valence-corrected chi connectivity index (χ0v) is 24.3. The quantitative estimate of drug-likeness (QED) is 0.330. The van der Waals surface area contributed by atoms with Crippen LogP contribution in [0, 0.1) is 5.82 Å². The molecule has 1 aromatic heterocycles. The molecule has 210 valence electrons. The second-order valence-electron chi connectivity index (χ2n) is 12.1. The number of hydrogen-bond acceptors (Lipinski definition) is 5. The first kappa shape index (κ1) is 28.3. The molecule has 0 amide bonds. The van der Waals surface area contributed by atoms with Crippen molar-refractivity contribution in [2.45, 2.75) is 69.8 Å². The van der Waals surface area contributed by atoms with E-state index in [1.54, 1.807) is 25.1 Å². The fraction of sp³-hybridized carbons (Fsp3) is 0.375. The molecule has 0 fully saturated rings. The Morgan fingerprint density at radius 3 is 2.58 bits per heavy atom. The molecular weight excluding hydrogens is 527 g/mol. The Labute approximate surface area is 237 Å². The van der Waals surface area contributed by atoms with E-state index < -0.39 is 26.9 Å². The Morgan fingerprint density at radius 2 is 1.88 bits per heavy atom. The van der Waals surface area contributed by atoms with Crippen LogP contribution in [0.15, 0.2) is 54.6 Å². The number of Topliss-reactive ketones (excluding diaryl/α,β-unsaturated/α-hetero) is 1. The Balaban J connectivity index is 1.49. The van der Waals surface area contributed by atoms with Crippen molar-refractivity contribution in [3.05, 3.63) is 88.4 Å². The van der Waals surface area contributed by atoms with Crippen molar-refractivity contribution in [3.63, 3.8) is 0 Å². The lowest BCUT2D eigenvalue weighted by Crippen LogP contribution is -2.47. The minimum atomic E-state index is -1.46. The van der Waals surface area contributed by atoms with Crippen molar-refractivity contribution in [3.8, 4) is 17.0 Å². The van der Waals surface area contributed by atoms with Gasteiger partial charge in [0, 0.05) is 23.1 Å². The van der Waals surface area contributed by atoms with Gasteiger partial charge in [0.2, 0.25) is 0 Å². The fourth-order valence-corrected chi connectivity index (χ4v) is 5.84. The molecule has 2 aliphatic rings. The van der Waals surface area contributed by atoms with Gasteiger partial charge in [-0.05, 0) is 95.0 Å². The van der Waals surface area contributed by atoms with E-state index in [0.717, 1.165) is 12.0 Å². The van der Waals surface area contributed by atoms with E-state index in [-0.39, 0.29) is 31.0 Å². The number of nitrogens with one attached hydrogen (secondary N) is 1. The molecule has 0 saturated heterocycles. The van der Waals surface area contributed by atoms with Gasteiger partial charge in [-0.2, -0.15) is 0 Å². The molecule has 2 unspecified atom stereocenters. The van der Waals surface area contributed by atoms with Gasteiger partial charge in [0.1, 0.15) is 23.7 Å². The number of carbonyl (C=O) groups excluding carboxylic acids is 1. The number of nitrogens with zero attached hydrogens (tertiary/aromatic N) is 1. The number of aliphatic hydroxyl groups is 1. The van der Waals surface area contributed by atoms with Gasteiger partial charge in [-0.1, -0.05) is 24.3 Å². The third kappa shape index (κ3) is 5.53. The second kappa shape index (κ2) is 10.3. The summed E-state index contributed by atoms with van der Waals surface area (Å²) in [5.74, 6) is 0.0603. The van der Waals surface area contributed by atoms with Gasteiger partial charge in [-0.15, -0.1) is 0 Å². The molecule has 2 N–H and O–H groups in total. The van der Waals surface area contributed by atoms with Crippen LogP contribution in [0.4, 0.5) is 4.39 Å². The van der Waals surface area contributed by atoms with Crippen LogP contribution >= 0.6 is 0 Å². The van der Waals surface area contributed by atoms with Crippen LogP contribution in [0.3, 0.4) is 0 Å². The van der Waals surface area contributed by atoms with Crippen LogP contribution in [0.1, 0.15) is 80.2 Å². The normalized spacial score (nSPS) is 20.0. The van der Waals surface area contributed by atoms with Gasteiger partial charge < -0.3 is 9.84 Å². The Hall–Kier alpha value is -3.20. The molecule has 2 aromatic carbocycles. The molecule has 0 bridgehead atoms. The van der Waals surface area contributed by atoms with Gasteiger partial charge >= 0.3 is 0 Å². The number of rotatable bonds is 8. The third-order valence-corrected chi connectivity index (χ3v) is 9.31. The number of aromatic nitrogens is 1. The van der Waals surface area contributed by atoms with Crippen molar-refractivity contribution in [1.29, 1.82) is 0 Å². The number of carbonyl (C=O) groups is 1. The molecule has 0 spiro atoms. The molecular formula is C32H35FN2O4S. The molecule has 0 saturated carbocycles. The van der Waals surface area contributed by atoms with Crippen LogP contribution in [0.5, 0.6) is 5.75 Å². The second-order valence-corrected chi connectivity index (χ2v) is 14.0. The SMILES string of the molecule is CC(O)(CCC(=O)c1ccc2c(c1)C=CC2)c1cc2c(c(-c3ccc(F)cc3)n1)OC[C@@]2(C)NS(=O)C(C)(C)C. The third-order valence-electron chi connectivity index (χ3n) is 7.56. The van der Waals surface area contributed by atoms with E-state index in [0.29, 0.717) is 33.8 Å². The van der Waals surface area contributed by atoms with E-state index >= 15 is 0 Å². The Morgan fingerprint density at radius 1 is 1.15 bits per heavy atom. The first-order valence-electron chi connectivity index (χ1n) is 13.5. The van der Waals surface area contributed by atoms with E-state index in [1.807, 2.05) is 52.0 Å². The van der Waals surface area contributed by atoms with Crippen molar-refractivity contribution in [1.82, 2.24) is 9.71 Å². The lowest BCUT2D eigenvalue weighted by atomic mass is 9.87. The molecule has 0 radical (unpaired) electrons. The summed E-state index contributed by atoms with van der Waals surface area (Å²) in [7, 11) is -1.40. The average molecular weight is 563 g/mol. The highest BCUT2D eigenvalue weighted by Crippen LogP contribution is 2.45. The number of pyridine rings is 1. The predicted octanol–water partition coefficient (Wildman–Crippen LogP) is 5.99. The largest absolute Gasteiger partial charge is 0.489 e. The molecule has 1 aliphatic heterocycles. The van der Waals surface area contributed by atoms with Crippen LogP contribution in [0.2, 0.25) is 0 Å². The molecule has 2 heterocycles. The molecule has 1 aliphatic carbocycles. The smallest absolute Gasteiger partial charge is 0.163 e. The zero-order valence-electron chi connectivity index (χ0n) is 23.5. The number of ether oxygens (including phenoxy) is 1. The van der Waals surface area contributed by atoms with Crippen LogP contribution in [0.25, 0.3) is 17.3 Å². The van der Waals surface area contributed by atoms with Gasteiger partial charge in [0.15, 0.2) is 11.5 Å². The van der Waals surface area contributed by atoms with E-state index in [2.05, 4.69) is 10.8 Å². The first-order chi connectivity index (χ1) is 18.8. The van der Waals surface area contributed by atoms with Crippen molar-refractivity contribution < 1.29 is 23.2 Å². The molecule has 6 nitrogen and oxygen atoms in total. The van der Waals surface area contributed by atoms with Crippen LogP contribution < -0.4 is 9.46 Å². The van der Waals surface area contributed by atoms with Crippen molar-refractivity contribution >= 4 is 22.8 Å². The maximum absolute atomic E-state index is 13.7. The summed E-state index contributed by atoms with van der Waals surface area (Å²) in [5.41, 5.74) is 2.72. The molecule has 5 rings (SSSR count). The van der Waals surface area contributed by atoms with Crippen LogP contribution in [-0.4, -0.2) is 31.4 Å².